The van der Waals surface area contributed by atoms with E-state index in [1.165, 1.54) is 4.31 Å². The van der Waals surface area contributed by atoms with E-state index in [9.17, 15) is 8.42 Å². The Balaban J connectivity index is 1.72. The van der Waals surface area contributed by atoms with Crippen LogP contribution < -0.4 is 9.47 Å². The summed E-state index contributed by atoms with van der Waals surface area (Å²) in [6, 6.07) is 14.6. The summed E-state index contributed by atoms with van der Waals surface area (Å²) in [5.74, 6) is 2.85. The van der Waals surface area contributed by atoms with E-state index >= 15 is 0 Å². The zero-order chi connectivity index (χ0) is 25.0. The molecule has 4 rings (SSSR count). The maximum Gasteiger partial charge on any atom is 0.243 e. The molecule has 0 atom stereocenters. The third-order valence-electron chi connectivity index (χ3n) is 5.70. The fourth-order valence-electron chi connectivity index (χ4n) is 3.88. The Morgan fingerprint density at radius 3 is 2.34 bits per heavy atom. The molecule has 2 heterocycles. The number of ether oxygens (including phenoxy) is 2. The molecule has 0 spiro atoms. The number of rotatable bonds is 11. The minimum atomic E-state index is -3.59. The lowest BCUT2D eigenvalue weighted by Crippen LogP contribution is -2.30. The summed E-state index contributed by atoms with van der Waals surface area (Å²) in [5.41, 5.74) is 2.48. The highest BCUT2D eigenvalue weighted by Gasteiger charge is 2.23. The van der Waals surface area contributed by atoms with Crippen molar-refractivity contribution in [1.82, 2.24) is 13.9 Å². The number of benzene rings is 2. The van der Waals surface area contributed by atoms with Crippen LogP contribution in [0.15, 0.2) is 69.3 Å². The molecule has 0 amide bonds. The number of imidazole rings is 1. The number of nitrogens with zero attached hydrogens (tertiary/aromatic N) is 3. The van der Waals surface area contributed by atoms with Gasteiger partial charge in [-0.05, 0) is 48.0 Å². The molecule has 186 valence electrons. The lowest BCUT2D eigenvalue weighted by Gasteiger charge is -2.18. The second-order valence-electron chi connectivity index (χ2n) is 7.81. The first-order valence-corrected chi connectivity index (χ1v) is 13.7. The van der Waals surface area contributed by atoms with Crippen LogP contribution in [0.5, 0.6) is 11.5 Å². The zero-order valence-corrected chi connectivity index (χ0v) is 21.9. The second kappa shape index (κ2) is 10.8. The summed E-state index contributed by atoms with van der Waals surface area (Å²) in [5, 5.41) is 0.760. The first-order valence-electron chi connectivity index (χ1n) is 11.3. The molecule has 0 bridgehead atoms. The van der Waals surface area contributed by atoms with Crippen LogP contribution >= 0.6 is 11.8 Å². The highest BCUT2D eigenvalue weighted by atomic mass is 32.2. The van der Waals surface area contributed by atoms with Crippen LogP contribution in [0, 0.1) is 0 Å². The maximum atomic E-state index is 13.1. The van der Waals surface area contributed by atoms with Gasteiger partial charge in [-0.1, -0.05) is 25.6 Å². The normalized spacial score (nSPS) is 11.9. The van der Waals surface area contributed by atoms with Crippen molar-refractivity contribution in [3.8, 4) is 11.5 Å². The van der Waals surface area contributed by atoms with Crippen LogP contribution in [0.3, 0.4) is 0 Å². The topological polar surface area (TPSA) is 86.8 Å². The van der Waals surface area contributed by atoms with Gasteiger partial charge in [-0.25, -0.2) is 13.4 Å². The van der Waals surface area contributed by atoms with Gasteiger partial charge in [-0.3, -0.25) is 0 Å². The van der Waals surface area contributed by atoms with Crippen molar-refractivity contribution in [1.29, 1.82) is 0 Å². The lowest BCUT2D eigenvalue weighted by molar-refractivity contribution is 0.393. The Morgan fingerprint density at radius 1 is 1.03 bits per heavy atom. The molecule has 0 aliphatic carbocycles. The van der Waals surface area contributed by atoms with Crippen LogP contribution in [0.25, 0.3) is 11.0 Å². The fourth-order valence-corrected chi connectivity index (χ4v) is 6.30. The van der Waals surface area contributed by atoms with Crippen molar-refractivity contribution in [2.24, 2.45) is 0 Å². The highest BCUT2D eigenvalue weighted by Crippen LogP contribution is 2.32. The number of aromatic nitrogens is 2. The summed E-state index contributed by atoms with van der Waals surface area (Å²) in [7, 11) is -0.339. The monoisotopic (exact) mass is 515 g/mol. The third kappa shape index (κ3) is 5.34. The Labute approximate surface area is 209 Å². The van der Waals surface area contributed by atoms with Crippen molar-refractivity contribution >= 4 is 32.8 Å². The van der Waals surface area contributed by atoms with Gasteiger partial charge < -0.3 is 18.5 Å². The Kier molecular flexibility index (Phi) is 7.73. The van der Waals surface area contributed by atoms with E-state index in [1.807, 2.05) is 54.8 Å². The molecule has 0 N–H and O–H groups in total. The summed E-state index contributed by atoms with van der Waals surface area (Å²) in [4.78, 5) is 5.06. The number of fused-ring (bicyclic) bond motifs is 1. The maximum absolute atomic E-state index is 13.1. The van der Waals surface area contributed by atoms with Crippen molar-refractivity contribution < 1.29 is 22.3 Å². The lowest BCUT2D eigenvalue weighted by atomic mass is 10.2. The molecule has 0 saturated carbocycles. The summed E-state index contributed by atoms with van der Waals surface area (Å²) in [6.07, 6.45) is 1.64. The number of furan rings is 1. The first-order chi connectivity index (χ1) is 16.9. The molecule has 0 radical (unpaired) electrons. The van der Waals surface area contributed by atoms with Gasteiger partial charge in [0.2, 0.25) is 10.0 Å². The quantitative estimate of drug-likeness (QED) is 0.259. The number of sulfonamides is 1. The van der Waals surface area contributed by atoms with Crippen molar-refractivity contribution in [2.45, 2.75) is 36.2 Å². The van der Waals surface area contributed by atoms with Crippen LogP contribution in [-0.2, 0) is 22.3 Å². The average Bonchev–Trinajstić information content (AvgIpc) is 3.51. The molecule has 0 fully saturated rings. The van der Waals surface area contributed by atoms with Crippen molar-refractivity contribution in [2.75, 3.05) is 27.3 Å². The third-order valence-corrected chi connectivity index (χ3v) is 8.79. The van der Waals surface area contributed by atoms with E-state index in [4.69, 9.17) is 18.9 Å². The summed E-state index contributed by atoms with van der Waals surface area (Å²) in [6.45, 7) is 4.97. The number of methoxy groups -OCH3 is 2. The molecule has 0 saturated heterocycles. The van der Waals surface area contributed by atoms with Gasteiger partial charge >= 0.3 is 0 Å². The minimum absolute atomic E-state index is 0.241. The standard InChI is InChI=1S/C25H29N3O5S2/c1-5-27(6-2)35(29,30)22-9-10-24-23(15-22)26-25(28(24)16-19-8-7-11-33-19)34-17-18-12-20(31-3)14-21(13-18)32-4/h7-15H,5-6,16-17H2,1-4H3. The molecule has 35 heavy (non-hydrogen) atoms. The first kappa shape index (κ1) is 25.2. The zero-order valence-electron chi connectivity index (χ0n) is 20.2. The van der Waals surface area contributed by atoms with E-state index in [1.54, 1.807) is 44.4 Å². The van der Waals surface area contributed by atoms with Gasteiger partial charge in [0.25, 0.3) is 0 Å². The van der Waals surface area contributed by atoms with E-state index in [0.717, 1.165) is 33.5 Å². The molecule has 0 aliphatic rings. The fraction of sp³-hybridized carbons (Fsp3) is 0.320. The average molecular weight is 516 g/mol. The van der Waals surface area contributed by atoms with Gasteiger partial charge in [-0.2, -0.15) is 4.31 Å². The van der Waals surface area contributed by atoms with Gasteiger partial charge in [-0.15, -0.1) is 0 Å². The van der Waals surface area contributed by atoms with E-state index in [-0.39, 0.29) is 4.90 Å². The predicted octanol–water partition coefficient (Wildman–Crippen LogP) is 5.02. The summed E-state index contributed by atoms with van der Waals surface area (Å²) < 4.78 is 46.0. The largest absolute Gasteiger partial charge is 0.497 e. The van der Waals surface area contributed by atoms with Crippen molar-refractivity contribution in [3.63, 3.8) is 0 Å². The minimum Gasteiger partial charge on any atom is -0.497 e. The number of thioether (sulfide) groups is 1. The molecular weight excluding hydrogens is 486 g/mol. The molecule has 8 nitrogen and oxygen atoms in total. The summed E-state index contributed by atoms with van der Waals surface area (Å²) >= 11 is 1.55. The Morgan fingerprint density at radius 2 is 1.74 bits per heavy atom. The molecule has 0 aliphatic heterocycles. The molecule has 10 heteroatoms. The van der Waals surface area contributed by atoms with E-state index in [0.29, 0.717) is 30.9 Å². The van der Waals surface area contributed by atoms with Crippen molar-refractivity contribution in [3.05, 3.63) is 66.1 Å². The van der Waals surface area contributed by atoms with Gasteiger partial charge in [0.15, 0.2) is 5.16 Å². The molecule has 0 unspecified atom stereocenters. The highest BCUT2D eigenvalue weighted by molar-refractivity contribution is 7.98. The Hall–Kier alpha value is -2.95. The molecule has 4 aromatic rings. The van der Waals surface area contributed by atoms with Crippen LogP contribution in [0.1, 0.15) is 25.2 Å². The van der Waals surface area contributed by atoms with E-state index < -0.39 is 10.0 Å². The van der Waals surface area contributed by atoms with E-state index in [2.05, 4.69) is 0 Å². The van der Waals surface area contributed by atoms with Crippen LogP contribution in [0.4, 0.5) is 0 Å². The van der Waals surface area contributed by atoms with Gasteiger partial charge in [0.05, 0.1) is 43.0 Å². The molecule has 2 aromatic carbocycles. The molecular formula is C25H29N3O5S2. The Bertz CT molecular complexity index is 1370. The molecule has 2 aromatic heterocycles. The van der Waals surface area contributed by atoms with Crippen LogP contribution in [0.2, 0.25) is 0 Å². The smallest absolute Gasteiger partial charge is 0.243 e. The number of hydrogen-bond acceptors (Lipinski definition) is 7. The SMILES string of the molecule is CCN(CC)S(=O)(=O)c1ccc2c(c1)nc(SCc1cc(OC)cc(OC)c1)n2Cc1ccco1. The second-order valence-corrected chi connectivity index (χ2v) is 10.7. The number of hydrogen-bond donors (Lipinski definition) is 0. The predicted molar refractivity (Wildman–Crippen MR) is 137 cm³/mol. The van der Waals surface area contributed by atoms with Gasteiger partial charge in [0.1, 0.15) is 17.3 Å². The van der Waals surface area contributed by atoms with Gasteiger partial charge in [0, 0.05) is 24.9 Å². The van der Waals surface area contributed by atoms with Crippen LogP contribution in [-0.4, -0.2) is 49.6 Å².